The van der Waals surface area contributed by atoms with Crippen molar-refractivity contribution in [3.63, 3.8) is 0 Å². The number of para-hydroxylation sites is 3. The van der Waals surface area contributed by atoms with E-state index in [-0.39, 0.29) is 24.1 Å². The van der Waals surface area contributed by atoms with Crippen molar-refractivity contribution >= 4 is 22.6 Å². The molecular weight excluding hydrogens is 479 g/mol. The Bertz CT molecular complexity index is 1670. The first-order valence-corrected chi connectivity index (χ1v) is 12.4. The molecule has 0 aliphatic carbocycles. The quantitative estimate of drug-likeness (QED) is 0.281. The van der Waals surface area contributed by atoms with E-state index >= 15 is 4.39 Å². The van der Waals surface area contributed by atoms with Crippen LogP contribution in [0.4, 0.5) is 14.9 Å². The highest BCUT2D eigenvalue weighted by molar-refractivity contribution is 5.90. The predicted octanol–water partition coefficient (Wildman–Crippen LogP) is 6.63. The number of hydrogen-bond acceptors (Lipinski definition) is 3. The van der Waals surface area contributed by atoms with Crippen molar-refractivity contribution in [2.75, 3.05) is 5.32 Å². The number of carbonyl (C=O) groups is 1. The predicted molar refractivity (Wildman–Crippen MR) is 148 cm³/mol. The Labute approximate surface area is 220 Å². The van der Waals surface area contributed by atoms with Crippen LogP contribution in [0.3, 0.4) is 0 Å². The van der Waals surface area contributed by atoms with Crippen molar-refractivity contribution < 1.29 is 9.18 Å². The van der Waals surface area contributed by atoms with Crippen LogP contribution in [-0.2, 0) is 6.54 Å². The molecule has 6 nitrogen and oxygen atoms in total. The summed E-state index contributed by atoms with van der Waals surface area (Å²) >= 11 is 0. The molecule has 1 N–H and O–H groups in total. The van der Waals surface area contributed by atoms with Crippen LogP contribution >= 0.6 is 0 Å². The maximum atomic E-state index is 15.1. The number of amides is 2. The van der Waals surface area contributed by atoms with Crippen molar-refractivity contribution in [2.24, 2.45) is 0 Å². The highest BCUT2D eigenvalue weighted by Crippen LogP contribution is 2.27. The van der Waals surface area contributed by atoms with E-state index in [1.54, 1.807) is 54.3 Å². The lowest BCUT2D eigenvalue weighted by molar-refractivity contribution is 0.185. The summed E-state index contributed by atoms with van der Waals surface area (Å²) in [6.07, 6.45) is 0. The van der Waals surface area contributed by atoms with Gasteiger partial charge < -0.3 is 10.2 Å². The average Bonchev–Trinajstić information content (AvgIpc) is 2.94. The van der Waals surface area contributed by atoms with Gasteiger partial charge in [-0.05, 0) is 55.3 Å². The van der Waals surface area contributed by atoms with Gasteiger partial charge in [-0.1, -0.05) is 72.8 Å². The van der Waals surface area contributed by atoms with Crippen molar-refractivity contribution in [1.82, 2.24) is 14.5 Å². The first-order chi connectivity index (χ1) is 18.4. The van der Waals surface area contributed by atoms with Crippen LogP contribution in [0.25, 0.3) is 16.6 Å². The van der Waals surface area contributed by atoms with E-state index in [2.05, 4.69) is 5.32 Å². The molecule has 0 aliphatic rings. The largest absolute Gasteiger partial charge is 0.322 e. The van der Waals surface area contributed by atoms with Gasteiger partial charge in [-0.25, -0.2) is 14.2 Å². The summed E-state index contributed by atoms with van der Waals surface area (Å²) < 4.78 is 16.3. The summed E-state index contributed by atoms with van der Waals surface area (Å²) in [4.78, 5) is 33.9. The first kappa shape index (κ1) is 24.9. The molecule has 0 bridgehead atoms. The molecule has 0 saturated heterocycles. The molecular formula is C31H27FN4O2. The molecule has 0 fully saturated rings. The normalized spacial score (nSPS) is 11.8. The van der Waals surface area contributed by atoms with Crippen LogP contribution in [0.2, 0.25) is 0 Å². The topological polar surface area (TPSA) is 67.2 Å². The Kier molecular flexibility index (Phi) is 7.00. The van der Waals surface area contributed by atoms with Gasteiger partial charge >= 0.3 is 6.03 Å². The number of urea groups is 1. The Hall–Kier alpha value is -4.78. The number of aryl methyl sites for hydroxylation is 1. The van der Waals surface area contributed by atoms with Gasteiger partial charge in [0, 0.05) is 12.2 Å². The Balaban J connectivity index is 1.67. The van der Waals surface area contributed by atoms with Crippen molar-refractivity contribution in [2.45, 2.75) is 26.4 Å². The molecule has 4 aromatic carbocycles. The van der Waals surface area contributed by atoms with Crippen LogP contribution in [0.15, 0.2) is 108 Å². The molecule has 0 aliphatic heterocycles. The van der Waals surface area contributed by atoms with Gasteiger partial charge in [0.15, 0.2) is 0 Å². The lowest BCUT2D eigenvalue weighted by Gasteiger charge is -2.31. The minimum Gasteiger partial charge on any atom is -0.310 e. The van der Waals surface area contributed by atoms with Crippen LogP contribution < -0.4 is 10.9 Å². The fraction of sp³-hybridized carbons (Fsp3) is 0.129. The zero-order valence-electron chi connectivity index (χ0n) is 21.1. The molecule has 190 valence electrons. The average molecular weight is 507 g/mol. The second kappa shape index (κ2) is 10.7. The first-order valence-electron chi connectivity index (χ1n) is 12.4. The number of hydrogen-bond donors (Lipinski definition) is 1. The lowest BCUT2D eigenvalue weighted by atomic mass is 10.1. The van der Waals surface area contributed by atoms with Crippen LogP contribution in [-0.4, -0.2) is 20.5 Å². The zero-order chi connectivity index (χ0) is 26.6. The number of aromatic nitrogens is 2. The minimum atomic E-state index is -0.698. The Morgan fingerprint density at radius 2 is 1.58 bits per heavy atom. The van der Waals surface area contributed by atoms with Crippen LogP contribution in [0.1, 0.15) is 29.9 Å². The molecule has 5 rings (SSSR count). The molecule has 1 aromatic heterocycles. The van der Waals surface area contributed by atoms with Crippen LogP contribution in [0, 0.1) is 12.7 Å². The molecule has 7 heteroatoms. The molecule has 0 spiro atoms. The van der Waals surface area contributed by atoms with Crippen LogP contribution in [0.5, 0.6) is 0 Å². The summed E-state index contributed by atoms with van der Waals surface area (Å²) in [5.41, 5.74) is 2.66. The zero-order valence-corrected chi connectivity index (χ0v) is 21.1. The summed E-state index contributed by atoms with van der Waals surface area (Å²) in [5.74, 6) is -0.297. The van der Waals surface area contributed by atoms with E-state index in [0.29, 0.717) is 16.6 Å². The number of benzene rings is 4. The third-order valence-electron chi connectivity index (χ3n) is 6.58. The molecule has 1 unspecified atom stereocenters. The summed E-state index contributed by atoms with van der Waals surface area (Å²) in [7, 11) is 0. The fourth-order valence-corrected chi connectivity index (χ4v) is 4.50. The summed E-state index contributed by atoms with van der Waals surface area (Å²) in [5, 5.41) is 3.37. The Morgan fingerprint density at radius 1 is 0.921 bits per heavy atom. The van der Waals surface area contributed by atoms with Gasteiger partial charge in [-0.15, -0.1) is 0 Å². The van der Waals surface area contributed by atoms with Crippen molar-refractivity contribution in [3.05, 3.63) is 136 Å². The molecule has 2 amide bonds. The highest BCUT2D eigenvalue weighted by atomic mass is 19.1. The molecule has 0 saturated carbocycles. The molecule has 38 heavy (non-hydrogen) atoms. The van der Waals surface area contributed by atoms with Gasteiger partial charge in [-0.2, -0.15) is 0 Å². The Morgan fingerprint density at radius 3 is 2.34 bits per heavy atom. The van der Waals surface area contributed by atoms with Gasteiger partial charge in [0.05, 0.1) is 22.6 Å². The molecule has 1 atom stereocenters. The standard InChI is InChI=1S/C31H27FN4O2/c1-21-12-6-9-17-26(21)34-31(38)35(20-23-13-4-3-5-14-23)22(2)29-33-27-18-10-7-15-24(27)30(37)36(29)28-19-11-8-16-25(28)32/h3-19,22H,20H2,1-2H3,(H,34,38). The number of halogens is 1. The number of carbonyl (C=O) groups excluding carboxylic acids is 1. The summed E-state index contributed by atoms with van der Waals surface area (Å²) in [6.45, 7) is 3.97. The second-order valence-electron chi connectivity index (χ2n) is 9.11. The second-order valence-corrected chi connectivity index (χ2v) is 9.11. The maximum absolute atomic E-state index is 15.1. The number of nitrogens with zero attached hydrogens (tertiary/aromatic N) is 3. The van der Waals surface area contributed by atoms with E-state index in [1.165, 1.54) is 10.6 Å². The maximum Gasteiger partial charge on any atom is 0.322 e. The van der Waals surface area contributed by atoms with E-state index in [0.717, 1.165) is 11.1 Å². The smallest absolute Gasteiger partial charge is 0.310 e. The minimum absolute atomic E-state index is 0.0802. The van der Waals surface area contributed by atoms with Gasteiger partial charge in [-0.3, -0.25) is 9.36 Å². The number of fused-ring (bicyclic) bond motifs is 1. The lowest BCUT2D eigenvalue weighted by Crippen LogP contribution is -2.39. The number of rotatable bonds is 6. The van der Waals surface area contributed by atoms with Crippen molar-refractivity contribution in [1.29, 1.82) is 0 Å². The SMILES string of the molecule is Cc1ccccc1NC(=O)N(Cc1ccccc1)C(C)c1nc2ccccc2c(=O)n1-c1ccccc1F. The van der Waals surface area contributed by atoms with E-state index < -0.39 is 17.4 Å². The van der Waals surface area contributed by atoms with Gasteiger partial charge in [0.25, 0.3) is 5.56 Å². The van der Waals surface area contributed by atoms with Crippen molar-refractivity contribution in [3.8, 4) is 5.69 Å². The van der Waals surface area contributed by atoms with Gasteiger partial charge in [0.1, 0.15) is 11.6 Å². The van der Waals surface area contributed by atoms with E-state index in [1.807, 2.05) is 61.5 Å². The monoisotopic (exact) mass is 506 g/mol. The summed E-state index contributed by atoms with van der Waals surface area (Å²) in [6, 6.07) is 29.1. The van der Waals surface area contributed by atoms with Gasteiger partial charge in [0.2, 0.25) is 0 Å². The third kappa shape index (κ3) is 4.91. The third-order valence-corrected chi connectivity index (χ3v) is 6.58. The number of nitrogens with one attached hydrogen (secondary N) is 1. The fourth-order valence-electron chi connectivity index (χ4n) is 4.50. The van der Waals surface area contributed by atoms with E-state index in [9.17, 15) is 9.59 Å². The number of anilines is 1. The highest BCUT2D eigenvalue weighted by Gasteiger charge is 2.28. The van der Waals surface area contributed by atoms with E-state index in [4.69, 9.17) is 4.98 Å². The molecule has 5 aromatic rings. The molecule has 1 heterocycles. The molecule has 0 radical (unpaired) electrons.